The van der Waals surface area contributed by atoms with Crippen LogP contribution in [0.5, 0.6) is 0 Å². The second kappa shape index (κ2) is 6.03. The van der Waals surface area contributed by atoms with Gasteiger partial charge >= 0.3 is 0 Å². The number of amides is 1. The highest BCUT2D eigenvalue weighted by Gasteiger charge is 2.25. The van der Waals surface area contributed by atoms with Gasteiger partial charge in [-0.2, -0.15) is 9.57 Å². The Morgan fingerprint density at radius 3 is 2.60 bits per heavy atom. The minimum atomic E-state index is -3.44. The zero-order valence-corrected chi connectivity index (χ0v) is 11.7. The summed E-state index contributed by atoms with van der Waals surface area (Å²) in [5, 5.41) is 11.4. The van der Waals surface area contributed by atoms with Crippen molar-refractivity contribution in [2.45, 2.75) is 12.2 Å². The largest absolute Gasteiger partial charge is 0.355 e. The fraction of sp³-hybridized carbons (Fsp3) is 0.385. The molecule has 0 atom stereocenters. The lowest BCUT2D eigenvalue weighted by atomic mass is 10.2. The lowest BCUT2D eigenvalue weighted by molar-refractivity contribution is -0.120. The van der Waals surface area contributed by atoms with E-state index in [9.17, 15) is 13.2 Å². The van der Waals surface area contributed by atoms with E-state index < -0.39 is 10.0 Å². The van der Waals surface area contributed by atoms with Gasteiger partial charge in [0, 0.05) is 26.1 Å². The first-order valence-corrected chi connectivity index (χ1v) is 7.86. The predicted molar refractivity (Wildman–Crippen MR) is 73.0 cm³/mol. The van der Waals surface area contributed by atoms with Crippen LogP contribution in [0.1, 0.15) is 17.5 Å². The molecule has 0 spiro atoms. The number of carbonyl (C=O) groups is 1. The molecule has 1 aliphatic rings. The summed E-state index contributed by atoms with van der Waals surface area (Å²) in [7, 11) is -3.44. The molecule has 0 unspecified atom stereocenters. The van der Waals surface area contributed by atoms with Crippen LogP contribution in [0, 0.1) is 11.3 Å². The van der Waals surface area contributed by atoms with Gasteiger partial charge in [-0.1, -0.05) is 12.1 Å². The number of nitrogens with zero attached hydrogens (tertiary/aromatic N) is 2. The molecule has 0 bridgehead atoms. The summed E-state index contributed by atoms with van der Waals surface area (Å²) in [4.78, 5) is 11.2. The third-order valence-corrected chi connectivity index (χ3v) is 4.95. The molecule has 7 heteroatoms. The molecule has 0 radical (unpaired) electrons. The highest BCUT2D eigenvalue weighted by molar-refractivity contribution is 7.88. The normalized spacial score (nSPS) is 17.1. The minimum Gasteiger partial charge on any atom is -0.355 e. The van der Waals surface area contributed by atoms with Gasteiger partial charge in [-0.3, -0.25) is 4.79 Å². The van der Waals surface area contributed by atoms with Gasteiger partial charge in [0.1, 0.15) is 0 Å². The van der Waals surface area contributed by atoms with Crippen LogP contribution < -0.4 is 5.32 Å². The van der Waals surface area contributed by atoms with E-state index in [0.29, 0.717) is 24.2 Å². The van der Waals surface area contributed by atoms with Crippen molar-refractivity contribution in [3.8, 4) is 6.07 Å². The predicted octanol–water partition coefficient (Wildman–Crippen LogP) is 0.210. The van der Waals surface area contributed by atoms with Crippen LogP contribution in [0.2, 0.25) is 0 Å². The van der Waals surface area contributed by atoms with Crippen LogP contribution in [0.4, 0.5) is 0 Å². The summed E-state index contributed by atoms with van der Waals surface area (Å²) in [6.45, 7) is 0.847. The standard InChI is InChI=1S/C13H15N3O3S/c14-9-11-1-3-12(4-2-11)10-20(18,19)16-7-5-13(17)15-6-8-16/h1-4H,5-8,10H2,(H,15,17). The Kier molecular flexibility index (Phi) is 4.37. The monoisotopic (exact) mass is 293 g/mol. The summed E-state index contributed by atoms with van der Waals surface area (Å²) < 4.78 is 25.9. The highest BCUT2D eigenvalue weighted by atomic mass is 32.2. The summed E-state index contributed by atoms with van der Waals surface area (Å²) >= 11 is 0. The zero-order valence-electron chi connectivity index (χ0n) is 10.9. The Morgan fingerprint density at radius 2 is 1.95 bits per heavy atom. The first-order chi connectivity index (χ1) is 9.51. The van der Waals surface area contributed by atoms with Crippen molar-refractivity contribution in [1.82, 2.24) is 9.62 Å². The summed E-state index contributed by atoms with van der Waals surface area (Å²) in [6, 6.07) is 8.45. The topological polar surface area (TPSA) is 90.3 Å². The zero-order chi connectivity index (χ0) is 14.6. The summed E-state index contributed by atoms with van der Waals surface area (Å²) in [5.41, 5.74) is 1.13. The number of nitrogens with one attached hydrogen (secondary N) is 1. The van der Waals surface area contributed by atoms with Crippen molar-refractivity contribution in [2.75, 3.05) is 19.6 Å². The Hall–Kier alpha value is -1.91. The fourth-order valence-corrected chi connectivity index (χ4v) is 3.54. The molecule has 1 N–H and O–H groups in total. The van der Waals surface area contributed by atoms with Crippen LogP contribution in [-0.2, 0) is 20.6 Å². The van der Waals surface area contributed by atoms with Gasteiger partial charge in [0.05, 0.1) is 17.4 Å². The second-order valence-electron chi connectivity index (χ2n) is 4.56. The first-order valence-electron chi connectivity index (χ1n) is 6.25. The number of hydrogen-bond donors (Lipinski definition) is 1. The van der Waals surface area contributed by atoms with Crippen molar-refractivity contribution < 1.29 is 13.2 Å². The molecule has 6 nitrogen and oxygen atoms in total. The Labute approximate surface area is 118 Å². The van der Waals surface area contributed by atoms with Gasteiger partial charge in [0.15, 0.2) is 0 Å². The van der Waals surface area contributed by atoms with E-state index in [1.165, 1.54) is 4.31 Å². The number of hydrogen-bond acceptors (Lipinski definition) is 4. The third-order valence-electron chi connectivity index (χ3n) is 3.10. The number of rotatable bonds is 3. The van der Waals surface area contributed by atoms with Crippen molar-refractivity contribution in [3.63, 3.8) is 0 Å². The molecule has 1 aliphatic heterocycles. The molecule has 1 fully saturated rings. The van der Waals surface area contributed by atoms with Gasteiger partial charge in [-0.15, -0.1) is 0 Å². The summed E-state index contributed by atoms with van der Waals surface area (Å²) in [6.07, 6.45) is 0.187. The SMILES string of the molecule is N#Cc1ccc(CS(=O)(=O)N2CCNC(=O)CC2)cc1. The Balaban J connectivity index is 2.09. The van der Waals surface area contributed by atoms with E-state index in [0.717, 1.165) is 0 Å². The maximum atomic E-state index is 12.3. The van der Waals surface area contributed by atoms with E-state index in [4.69, 9.17) is 5.26 Å². The highest BCUT2D eigenvalue weighted by Crippen LogP contribution is 2.13. The van der Waals surface area contributed by atoms with Crippen LogP contribution in [0.15, 0.2) is 24.3 Å². The molecule has 20 heavy (non-hydrogen) atoms. The Morgan fingerprint density at radius 1 is 1.25 bits per heavy atom. The molecule has 1 amide bonds. The van der Waals surface area contributed by atoms with Gasteiger partial charge in [0.25, 0.3) is 0 Å². The van der Waals surface area contributed by atoms with Crippen molar-refractivity contribution >= 4 is 15.9 Å². The minimum absolute atomic E-state index is 0.118. The van der Waals surface area contributed by atoms with E-state index in [2.05, 4.69) is 5.32 Å². The number of carbonyl (C=O) groups excluding carboxylic acids is 1. The molecule has 0 saturated carbocycles. The molecule has 2 rings (SSSR count). The van der Waals surface area contributed by atoms with Crippen LogP contribution in [0.3, 0.4) is 0 Å². The number of nitriles is 1. The van der Waals surface area contributed by atoms with E-state index in [-0.39, 0.29) is 24.6 Å². The number of benzene rings is 1. The van der Waals surface area contributed by atoms with Crippen LogP contribution in [-0.4, -0.2) is 38.3 Å². The third kappa shape index (κ3) is 3.56. The van der Waals surface area contributed by atoms with Gasteiger partial charge in [-0.25, -0.2) is 8.42 Å². The molecule has 0 aromatic heterocycles. The average Bonchev–Trinajstić information content (AvgIpc) is 2.64. The smallest absolute Gasteiger partial charge is 0.221 e. The molecule has 1 heterocycles. The second-order valence-corrected chi connectivity index (χ2v) is 6.53. The molecular formula is C13H15N3O3S. The van der Waals surface area contributed by atoms with Gasteiger partial charge in [-0.05, 0) is 17.7 Å². The quantitative estimate of drug-likeness (QED) is 0.862. The molecule has 106 valence electrons. The lowest BCUT2D eigenvalue weighted by Gasteiger charge is -2.19. The van der Waals surface area contributed by atoms with Crippen molar-refractivity contribution in [1.29, 1.82) is 5.26 Å². The molecule has 1 aromatic rings. The average molecular weight is 293 g/mol. The molecule has 1 aromatic carbocycles. The maximum Gasteiger partial charge on any atom is 0.221 e. The maximum absolute atomic E-state index is 12.3. The van der Waals surface area contributed by atoms with E-state index in [1.54, 1.807) is 24.3 Å². The number of sulfonamides is 1. The molecule has 1 saturated heterocycles. The van der Waals surface area contributed by atoms with Crippen LogP contribution >= 0.6 is 0 Å². The Bertz CT molecular complexity index is 632. The first kappa shape index (κ1) is 14.5. The van der Waals surface area contributed by atoms with E-state index >= 15 is 0 Å². The van der Waals surface area contributed by atoms with Gasteiger partial charge in [0.2, 0.25) is 15.9 Å². The van der Waals surface area contributed by atoms with Crippen molar-refractivity contribution in [2.24, 2.45) is 0 Å². The van der Waals surface area contributed by atoms with Gasteiger partial charge < -0.3 is 5.32 Å². The van der Waals surface area contributed by atoms with Crippen molar-refractivity contribution in [3.05, 3.63) is 35.4 Å². The van der Waals surface area contributed by atoms with E-state index in [1.807, 2.05) is 6.07 Å². The summed E-state index contributed by atoms with van der Waals surface area (Å²) in [5.74, 6) is -0.242. The van der Waals surface area contributed by atoms with Crippen LogP contribution in [0.25, 0.3) is 0 Å². The lowest BCUT2D eigenvalue weighted by Crippen LogP contribution is -2.35. The molecule has 0 aliphatic carbocycles. The fourth-order valence-electron chi connectivity index (χ4n) is 2.00. The molecular weight excluding hydrogens is 278 g/mol.